The Morgan fingerprint density at radius 1 is 0.913 bits per heavy atom. The third-order valence-corrected chi connectivity index (χ3v) is 10.4. The molecule has 0 radical (unpaired) electrons. The topological polar surface area (TPSA) is 105 Å². The van der Waals surface area contributed by atoms with Crippen LogP contribution in [0.25, 0.3) is 0 Å². The fourth-order valence-electron chi connectivity index (χ4n) is 8.13. The number of carbonyl (C=O) groups is 3. The van der Waals surface area contributed by atoms with Crippen molar-refractivity contribution in [3.05, 3.63) is 89.0 Å². The maximum atomic E-state index is 14.8. The molecule has 2 heterocycles. The Hall–Kier alpha value is -4.17. The second-order valence-electron chi connectivity index (χ2n) is 12.9. The summed E-state index contributed by atoms with van der Waals surface area (Å²) < 4.78 is 12.1. The van der Waals surface area contributed by atoms with Crippen LogP contribution in [0, 0.1) is 17.8 Å². The Labute approximate surface area is 271 Å². The molecule has 4 unspecified atom stereocenters. The number of nitrogens with zero attached hydrogens (tertiary/aromatic N) is 1. The summed E-state index contributed by atoms with van der Waals surface area (Å²) in [5.41, 5.74) is 2.35. The summed E-state index contributed by atoms with van der Waals surface area (Å²) in [6.45, 7) is 4.27. The standard InChI is InChI=1S/C38H44N2O6/c1-4-26-18-12-19-27(5-2)33(26)40-35(41)30-31(36(40)42)38(37(43)44,22-24-14-8-6-9-15-24)39-32(30)28-20-13-21-29(45-3)34(28)46-23-25-16-10-7-11-17-25/h7,10-13,16-21,24,30-32,39H,4-6,8-9,14-15,22-23H2,1-3H3,(H,43,44). The van der Waals surface area contributed by atoms with E-state index < -0.39 is 35.3 Å². The summed E-state index contributed by atoms with van der Waals surface area (Å²) >= 11 is 0. The number of nitrogens with one attached hydrogen (secondary N) is 1. The smallest absolute Gasteiger partial charge is 0.324 e. The van der Waals surface area contributed by atoms with Crippen LogP contribution in [0.15, 0.2) is 66.7 Å². The number of carbonyl (C=O) groups excluding carboxylic acids is 2. The van der Waals surface area contributed by atoms with Gasteiger partial charge in [-0.2, -0.15) is 0 Å². The first kappa shape index (κ1) is 31.8. The van der Waals surface area contributed by atoms with Gasteiger partial charge in [0.2, 0.25) is 11.8 Å². The molecule has 0 spiro atoms. The van der Waals surface area contributed by atoms with Crippen molar-refractivity contribution in [2.24, 2.45) is 17.8 Å². The lowest BCUT2D eigenvalue weighted by atomic mass is 9.72. The summed E-state index contributed by atoms with van der Waals surface area (Å²) in [4.78, 5) is 44.4. The van der Waals surface area contributed by atoms with Gasteiger partial charge < -0.3 is 14.6 Å². The number of hydrogen-bond donors (Lipinski definition) is 2. The quantitative estimate of drug-likeness (QED) is 0.230. The molecule has 2 aliphatic heterocycles. The van der Waals surface area contributed by atoms with Gasteiger partial charge in [-0.15, -0.1) is 0 Å². The fourth-order valence-corrected chi connectivity index (χ4v) is 8.13. The number of fused-ring (bicyclic) bond motifs is 1. The first-order chi connectivity index (χ1) is 22.3. The zero-order valence-electron chi connectivity index (χ0n) is 27.0. The van der Waals surface area contributed by atoms with E-state index in [2.05, 4.69) is 5.32 Å². The lowest BCUT2D eigenvalue weighted by Crippen LogP contribution is -2.57. The largest absolute Gasteiger partial charge is 0.493 e. The van der Waals surface area contributed by atoms with E-state index >= 15 is 0 Å². The Balaban J connectivity index is 1.50. The van der Waals surface area contributed by atoms with Crippen molar-refractivity contribution in [2.75, 3.05) is 12.0 Å². The van der Waals surface area contributed by atoms with Crippen LogP contribution < -0.4 is 19.7 Å². The number of rotatable bonds is 11. The molecule has 1 aliphatic carbocycles. The molecule has 2 N–H and O–H groups in total. The second kappa shape index (κ2) is 13.3. The fraction of sp³-hybridized carbons (Fsp3) is 0.447. The van der Waals surface area contributed by atoms with Gasteiger partial charge in [-0.1, -0.05) is 107 Å². The van der Waals surface area contributed by atoms with E-state index in [1.54, 1.807) is 13.2 Å². The molecule has 3 fully saturated rings. The number of para-hydroxylation sites is 2. The van der Waals surface area contributed by atoms with Crippen molar-refractivity contribution in [1.82, 2.24) is 5.32 Å². The van der Waals surface area contributed by atoms with Crippen LogP contribution in [0.2, 0.25) is 0 Å². The number of amides is 2. The van der Waals surface area contributed by atoms with Crippen LogP contribution in [0.1, 0.15) is 80.7 Å². The summed E-state index contributed by atoms with van der Waals surface area (Å²) in [5.74, 6) is -2.86. The molecule has 6 rings (SSSR count). The molecule has 1 saturated carbocycles. The maximum absolute atomic E-state index is 14.8. The van der Waals surface area contributed by atoms with Crippen molar-refractivity contribution in [2.45, 2.75) is 83.4 Å². The number of anilines is 1. The molecule has 3 aromatic rings. The van der Waals surface area contributed by atoms with Gasteiger partial charge in [0, 0.05) is 11.6 Å². The molecule has 8 nitrogen and oxygen atoms in total. The number of carboxylic acid groups (broad SMARTS) is 1. The van der Waals surface area contributed by atoms with E-state index in [1.807, 2.05) is 74.5 Å². The SMILES string of the molecule is CCc1cccc(CC)c1N1C(=O)C2C(c3cccc(OC)c3OCc3ccccc3)NC(CC3CCCCC3)(C(=O)O)C2C1=O. The Kier molecular flexibility index (Phi) is 9.18. The van der Waals surface area contributed by atoms with E-state index in [0.29, 0.717) is 35.6 Å². The highest BCUT2D eigenvalue weighted by molar-refractivity contribution is 6.25. The third kappa shape index (κ3) is 5.46. The highest BCUT2D eigenvalue weighted by atomic mass is 16.5. The molecular weight excluding hydrogens is 580 g/mol. The number of carboxylic acids is 1. The molecule has 3 aliphatic rings. The summed E-state index contributed by atoms with van der Waals surface area (Å²) in [6, 6.07) is 20.3. The highest BCUT2D eigenvalue weighted by Crippen LogP contribution is 2.55. The van der Waals surface area contributed by atoms with Gasteiger partial charge >= 0.3 is 5.97 Å². The molecule has 242 valence electrons. The van der Waals surface area contributed by atoms with Crippen molar-refractivity contribution < 1.29 is 29.0 Å². The van der Waals surface area contributed by atoms with Gasteiger partial charge in [0.1, 0.15) is 12.1 Å². The van der Waals surface area contributed by atoms with Crippen LogP contribution in [0.3, 0.4) is 0 Å². The molecule has 0 bridgehead atoms. The number of imide groups is 1. The maximum Gasteiger partial charge on any atom is 0.324 e. The minimum absolute atomic E-state index is 0.141. The predicted octanol–water partition coefficient (Wildman–Crippen LogP) is 6.64. The zero-order chi connectivity index (χ0) is 32.4. The second-order valence-corrected chi connectivity index (χ2v) is 12.9. The molecule has 8 heteroatoms. The van der Waals surface area contributed by atoms with Gasteiger partial charge in [0.05, 0.1) is 24.6 Å². The van der Waals surface area contributed by atoms with E-state index in [-0.39, 0.29) is 24.9 Å². The van der Waals surface area contributed by atoms with Crippen molar-refractivity contribution >= 4 is 23.5 Å². The van der Waals surface area contributed by atoms with Gasteiger partial charge in [-0.3, -0.25) is 19.7 Å². The van der Waals surface area contributed by atoms with E-state index in [4.69, 9.17) is 9.47 Å². The monoisotopic (exact) mass is 624 g/mol. The summed E-state index contributed by atoms with van der Waals surface area (Å²) in [5, 5.41) is 14.5. The van der Waals surface area contributed by atoms with Crippen LogP contribution in [-0.2, 0) is 33.8 Å². The summed E-state index contributed by atoms with van der Waals surface area (Å²) in [7, 11) is 1.56. The van der Waals surface area contributed by atoms with Crippen molar-refractivity contribution in [1.29, 1.82) is 0 Å². The third-order valence-electron chi connectivity index (χ3n) is 10.4. The molecule has 3 aromatic carbocycles. The molecule has 0 aromatic heterocycles. The zero-order valence-corrected chi connectivity index (χ0v) is 27.0. The van der Waals surface area contributed by atoms with Gasteiger partial charge in [0.25, 0.3) is 0 Å². The van der Waals surface area contributed by atoms with E-state index in [0.717, 1.165) is 48.8 Å². The van der Waals surface area contributed by atoms with Crippen molar-refractivity contribution in [3.63, 3.8) is 0 Å². The summed E-state index contributed by atoms with van der Waals surface area (Å²) in [6.07, 6.45) is 6.58. The molecule has 2 saturated heterocycles. The van der Waals surface area contributed by atoms with Crippen LogP contribution in [-0.4, -0.2) is 35.5 Å². The van der Waals surface area contributed by atoms with E-state index in [9.17, 15) is 19.5 Å². The number of ether oxygens (including phenoxy) is 2. The van der Waals surface area contributed by atoms with Crippen LogP contribution in [0.4, 0.5) is 5.69 Å². The molecular formula is C38H44N2O6. The Morgan fingerprint density at radius 2 is 1.59 bits per heavy atom. The van der Waals surface area contributed by atoms with Gasteiger partial charge in [-0.25, -0.2) is 4.90 Å². The Bertz CT molecular complexity index is 1580. The molecule has 46 heavy (non-hydrogen) atoms. The number of hydrogen-bond acceptors (Lipinski definition) is 6. The lowest BCUT2D eigenvalue weighted by Gasteiger charge is -2.36. The average molecular weight is 625 g/mol. The first-order valence-electron chi connectivity index (χ1n) is 16.7. The van der Waals surface area contributed by atoms with Crippen molar-refractivity contribution in [3.8, 4) is 11.5 Å². The van der Waals surface area contributed by atoms with Gasteiger partial charge in [-0.05, 0) is 47.9 Å². The van der Waals surface area contributed by atoms with Gasteiger partial charge in [0.15, 0.2) is 11.5 Å². The molecule has 4 atom stereocenters. The Morgan fingerprint density at radius 3 is 2.22 bits per heavy atom. The first-order valence-corrected chi connectivity index (χ1v) is 16.7. The van der Waals surface area contributed by atoms with Crippen LogP contribution >= 0.6 is 0 Å². The number of methoxy groups -OCH3 is 1. The normalized spacial score (nSPS) is 24.7. The highest BCUT2D eigenvalue weighted by Gasteiger charge is 2.69. The van der Waals surface area contributed by atoms with Crippen LogP contribution in [0.5, 0.6) is 11.5 Å². The number of benzene rings is 3. The minimum atomic E-state index is -1.62. The van der Waals surface area contributed by atoms with E-state index in [1.165, 1.54) is 4.90 Å². The molecule has 2 amide bonds. The number of aliphatic carboxylic acids is 1. The minimum Gasteiger partial charge on any atom is -0.493 e. The number of aryl methyl sites for hydroxylation is 2. The predicted molar refractivity (Wildman–Crippen MR) is 176 cm³/mol. The average Bonchev–Trinajstić information content (AvgIpc) is 3.56. The lowest BCUT2D eigenvalue weighted by molar-refractivity contribution is -0.150.